The molecule has 1 atom stereocenters. The molecule has 0 unspecified atom stereocenters. The Bertz CT molecular complexity index is 858. The van der Waals surface area contributed by atoms with Crippen LogP contribution in [0.15, 0.2) is 48.5 Å². The predicted molar refractivity (Wildman–Crippen MR) is 99.9 cm³/mol. The van der Waals surface area contributed by atoms with Crippen LogP contribution in [-0.2, 0) is 4.79 Å². The number of benzene rings is 2. The molecule has 132 valence electrons. The Morgan fingerprint density at radius 2 is 1.96 bits per heavy atom. The van der Waals surface area contributed by atoms with E-state index in [-0.39, 0.29) is 17.7 Å². The summed E-state index contributed by atoms with van der Waals surface area (Å²) in [5, 5.41) is 12.4. The van der Waals surface area contributed by atoms with Crippen molar-refractivity contribution in [1.29, 1.82) is 5.26 Å². The van der Waals surface area contributed by atoms with Gasteiger partial charge in [0.25, 0.3) is 5.91 Å². The summed E-state index contributed by atoms with van der Waals surface area (Å²) in [4.78, 5) is 26.9. The fourth-order valence-corrected chi connectivity index (χ4v) is 3.19. The molecule has 1 N–H and O–H groups in total. The van der Waals surface area contributed by atoms with E-state index in [1.807, 2.05) is 0 Å². The molecule has 1 fully saturated rings. The SMILES string of the molecule is N#Cc1cccc(NC(=O)[C@H]2CCCN(C(=O)c3ccc(Cl)cc3)C2)c1. The molecule has 1 saturated heterocycles. The van der Waals surface area contributed by atoms with Crippen LogP contribution in [0.2, 0.25) is 5.02 Å². The van der Waals surface area contributed by atoms with Gasteiger partial charge in [0.1, 0.15) is 0 Å². The quantitative estimate of drug-likeness (QED) is 0.898. The van der Waals surface area contributed by atoms with Crippen LogP contribution in [0.3, 0.4) is 0 Å². The molecule has 2 aromatic rings. The summed E-state index contributed by atoms with van der Waals surface area (Å²) in [7, 11) is 0. The van der Waals surface area contributed by atoms with Crippen molar-refractivity contribution in [2.45, 2.75) is 12.8 Å². The van der Waals surface area contributed by atoms with Crippen molar-refractivity contribution in [2.24, 2.45) is 5.92 Å². The van der Waals surface area contributed by atoms with Gasteiger partial charge in [-0.25, -0.2) is 0 Å². The zero-order valence-electron chi connectivity index (χ0n) is 14.1. The number of carbonyl (C=O) groups is 2. The number of hydrogen-bond acceptors (Lipinski definition) is 3. The lowest BCUT2D eigenvalue weighted by Crippen LogP contribution is -2.43. The van der Waals surface area contributed by atoms with Crippen LogP contribution in [-0.4, -0.2) is 29.8 Å². The molecule has 3 rings (SSSR count). The van der Waals surface area contributed by atoms with Crippen LogP contribution in [0.4, 0.5) is 5.69 Å². The third kappa shape index (κ3) is 4.22. The highest BCUT2D eigenvalue weighted by Gasteiger charge is 2.29. The fraction of sp³-hybridized carbons (Fsp3) is 0.250. The van der Waals surface area contributed by atoms with E-state index in [9.17, 15) is 9.59 Å². The van der Waals surface area contributed by atoms with Gasteiger partial charge in [-0.05, 0) is 55.3 Å². The van der Waals surface area contributed by atoms with Gasteiger partial charge < -0.3 is 10.2 Å². The minimum atomic E-state index is -0.272. The van der Waals surface area contributed by atoms with Crippen molar-refractivity contribution in [3.05, 3.63) is 64.7 Å². The van der Waals surface area contributed by atoms with Crippen molar-refractivity contribution >= 4 is 29.1 Å². The van der Waals surface area contributed by atoms with Gasteiger partial charge in [0.05, 0.1) is 17.6 Å². The smallest absolute Gasteiger partial charge is 0.253 e. The average molecular weight is 368 g/mol. The monoisotopic (exact) mass is 367 g/mol. The van der Waals surface area contributed by atoms with Crippen LogP contribution in [0.25, 0.3) is 0 Å². The Balaban J connectivity index is 1.65. The molecular formula is C20H18ClN3O2. The molecule has 0 bridgehead atoms. The summed E-state index contributed by atoms with van der Waals surface area (Å²) < 4.78 is 0. The molecule has 0 radical (unpaired) electrons. The molecule has 0 spiro atoms. The van der Waals surface area contributed by atoms with Gasteiger partial charge in [0.2, 0.25) is 5.91 Å². The first-order valence-corrected chi connectivity index (χ1v) is 8.80. The number of likely N-dealkylation sites (tertiary alicyclic amines) is 1. The van der Waals surface area contributed by atoms with Gasteiger partial charge in [-0.1, -0.05) is 17.7 Å². The Morgan fingerprint density at radius 3 is 2.69 bits per heavy atom. The number of nitrogens with one attached hydrogen (secondary N) is 1. The number of rotatable bonds is 3. The highest BCUT2D eigenvalue weighted by Crippen LogP contribution is 2.21. The zero-order chi connectivity index (χ0) is 18.5. The van der Waals surface area contributed by atoms with Gasteiger partial charge in [0.15, 0.2) is 0 Å². The lowest BCUT2D eigenvalue weighted by Gasteiger charge is -2.32. The van der Waals surface area contributed by atoms with E-state index < -0.39 is 0 Å². The molecule has 2 amide bonds. The first-order valence-electron chi connectivity index (χ1n) is 8.42. The number of nitriles is 1. The second-order valence-corrected chi connectivity index (χ2v) is 6.72. The molecule has 26 heavy (non-hydrogen) atoms. The van der Waals surface area contributed by atoms with Crippen LogP contribution < -0.4 is 5.32 Å². The highest BCUT2D eigenvalue weighted by molar-refractivity contribution is 6.30. The van der Waals surface area contributed by atoms with Gasteiger partial charge in [-0.2, -0.15) is 5.26 Å². The Hall–Kier alpha value is -2.84. The summed E-state index contributed by atoms with van der Waals surface area (Å²) >= 11 is 5.87. The Kier molecular flexibility index (Phi) is 5.55. The van der Waals surface area contributed by atoms with Crippen LogP contribution in [0, 0.1) is 17.2 Å². The molecule has 1 aliphatic rings. The van der Waals surface area contributed by atoms with E-state index in [1.165, 1.54) is 0 Å². The van der Waals surface area contributed by atoms with Crippen LogP contribution in [0.5, 0.6) is 0 Å². The number of amides is 2. The van der Waals surface area contributed by atoms with Crippen LogP contribution in [0.1, 0.15) is 28.8 Å². The van der Waals surface area contributed by atoms with Gasteiger partial charge >= 0.3 is 0 Å². The maximum Gasteiger partial charge on any atom is 0.253 e. The molecule has 2 aromatic carbocycles. The number of nitrogens with zero attached hydrogens (tertiary/aromatic N) is 2. The number of carbonyl (C=O) groups excluding carboxylic acids is 2. The normalized spacial score (nSPS) is 16.6. The Labute approximate surface area is 157 Å². The van der Waals surface area contributed by atoms with E-state index in [1.54, 1.807) is 53.4 Å². The molecule has 0 aliphatic carbocycles. The number of piperidine rings is 1. The molecule has 0 aromatic heterocycles. The molecule has 0 saturated carbocycles. The number of anilines is 1. The third-order valence-corrected chi connectivity index (χ3v) is 4.68. The Morgan fingerprint density at radius 1 is 1.19 bits per heavy atom. The summed E-state index contributed by atoms with van der Waals surface area (Å²) in [5.41, 5.74) is 1.65. The minimum Gasteiger partial charge on any atom is -0.338 e. The summed E-state index contributed by atoms with van der Waals surface area (Å²) in [6.45, 7) is 1.01. The topological polar surface area (TPSA) is 73.2 Å². The van der Waals surface area contributed by atoms with E-state index in [0.717, 1.165) is 12.8 Å². The second kappa shape index (κ2) is 8.03. The number of halogens is 1. The summed E-state index contributed by atoms with van der Waals surface area (Å²) in [6.07, 6.45) is 1.50. The second-order valence-electron chi connectivity index (χ2n) is 6.28. The lowest BCUT2D eigenvalue weighted by molar-refractivity contribution is -0.121. The van der Waals surface area contributed by atoms with Gasteiger partial charge in [-0.3, -0.25) is 9.59 Å². The highest BCUT2D eigenvalue weighted by atomic mass is 35.5. The minimum absolute atomic E-state index is 0.0920. The van der Waals surface area contributed by atoms with Crippen molar-refractivity contribution < 1.29 is 9.59 Å². The van der Waals surface area contributed by atoms with Crippen molar-refractivity contribution in [3.8, 4) is 6.07 Å². The standard InChI is InChI=1S/C20H18ClN3O2/c21-17-8-6-15(7-9-17)20(26)24-10-2-4-16(13-24)19(25)23-18-5-1-3-14(11-18)12-22/h1,3,5-9,11,16H,2,4,10,13H2,(H,23,25)/t16-/m0/s1. The molecule has 6 heteroatoms. The van der Waals surface area contributed by atoms with Gasteiger partial charge in [-0.15, -0.1) is 0 Å². The summed E-state index contributed by atoms with van der Waals surface area (Å²) in [5.74, 6) is -0.495. The maximum absolute atomic E-state index is 12.6. The van der Waals surface area contributed by atoms with Crippen molar-refractivity contribution in [2.75, 3.05) is 18.4 Å². The van der Waals surface area contributed by atoms with Gasteiger partial charge in [0, 0.05) is 29.4 Å². The van der Waals surface area contributed by atoms with Crippen molar-refractivity contribution in [1.82, 2.24) is 4.90 Å². The van der Waals surface area contributed by atoms with E-state index in [0.29, 0.717) is 34.9 Å². The van der Waals surface area contributed by atoms with Crippen molar-refractivity contribution in [3.63, 3.8) is 0 Å². The van der Waals surface area contributed by atoms with E-state index in [2.05, 4.69) is 11.4 Å². The summed E-state index contributed by atoms with van der Waals surface area (Å²) in [6, 6.07) is 15.6. The molecule has 1 aliphatic heterocycles. The lowest BCUT2D eigenvalue weighted by atomic mass is 9.96. The first kappa shape index (κ1) is 18.0. The average Bonchev–Trinajstić information content (AvgIpc) is 2.68. The fourth-order valence-electron chi connectivity index (χ4n) is 3.06. The number of hydrogen-bond donors (Lipinski definition) is 1. The first-order chi connectivity index (χ1) is 12.6. The van der Waals surface area contributed by atoms with Crippen LogP contribution >= 0.6 is 11.6 Å². The third-order valence-electron chi connectivity index (χ3n) is 4.43. The van der Waals surface area contributed by atoms with E-state index in [4.69, 9.17) is 16.9 Å². The molecule has 5 nitrogen and oxygen atoms in total. The molecular weight excluding hydrogens is 350 g/mol. The predicted octanol–water partition coefficient (Wildman–Crippen LogP) is 3.70. The zero-order valence-corrected chi connectivity index (χ0v) is 14.9. The van der Waals surface area contributed by atoms with E-state index >= 15 is 0 Å². The largest absolute Gasteiger partial charge is 0.338 e. The maximum atomic E-state index is 12.6. The molecule has 1 heterocycles.